The molecule has 0 nitrogen and oxygen atoms in total. The van der Waals surface area contributed by atoms with Crippen LogP contribution in [0.5, 0.6) is 0 Å². The van der Waals surface area contributed by atoms with Crippen molar-refractivity contribution >= 4 is 11.8 Å². The summed E-state index contributed by atoms with van der Waals surface area (Å²) in [6, 6.07) is 0. The average Bonchev–Trinajstić information content (AvgIpc) is 2.70. The average molecular weight is 240 g/mol. The first-order chi connectivity index (χ1) is 7.57. The van der Waals surface area contributed by atoms with Gasteiger partial charge in [-0.2, -0.15) is 11.8 Å². The number of rotatable bonds is 2. The highest BCUT2D eigenvalue weighted by atomic mass is 32.2. The zero-order valence-corrected chi connectivity index (χ0v) is 12.1. The molecule has 0 radical (unpaired) electrons. The lowest BCUT2D eigenvalue weighted by Crippen LogP contribution is -2.34. The van der Waals surface area contributed by atoms with Gasteiger partial charge in [0.15, 0.2) is 0 Å². The third-order valence-electron chi connectivity index (χ3n) is 4.48. The van der Waals surface area contributed by atoms with E-state index in [0.717, 1.165) is 16.4 Å². The van der Waals surface area contributed by atoms with Crippen LogP contribution in [0.2, 0.25) is 0 Å². The van der Waals surface area contributed by atoms with Crippen LogP contribution in [0, 0.1) is 11.3 Å². The summed E-state index contributed by atoms with van der Waals surface area (Å²) in [5.41, 5.74) is 0.524. The molecule has 2 unspecified atom stereocenters. The Kier molecular flexibility index (Phi) is 4.26. The van der Waals surface area contributed by atoms with Gasteiger partial charge in [-0.25, -0.2) is 0 Å². The molecule has 0 aromatic carbocycles. The Labute approximate surface area is 106 Å². The maximum absolute atomic E-state index is 2.45. The summed E-state index contributed by atoms with van der Waals surface area (Å²) in [7, 11) is 0. The standard InChI is InChI=1S/C15H28S/c1-15(2,3)13-10-6-7-11-14(13)16-12-8-4-5-9-12/h12-14H,4-11H2,1-3H3. The number of hydrogen-bond acceptors (Lipinski definition) is 1. The lowest BCUT2D eigenvalue weighted by atomic mass is 9.72. The Hall–Kier alpha value is 0.350. The van der Waals surface area contributed by atoms with E-state index in [1.165, 1.54) is 51.4 Å². The molecule has 0 aromatic heterocycles. The molecule has 2 aliphatic carbocycles. The van der Waals surface area contributed by atoms with Crippen molar-refractivity contribution in [2.75, 3.05) is 0 Å². The lowest BCUT2D eigenvalue weighted by Gasteiger charge is -2.41. The summed E-state index contributed by atoms with van der Waals surface area (Å²) in [4.78, 5) is 0. The van der Waals surface area contributed by atoms with E-state index >= 15 is 0 Å². The molecule has 0 spiro atoms. The summed E-state index contributed by atoms with van der Waals surface area (Å²) in [5.74, 6) is 0.965. The summed E-state index contributed by atoms with van der Waals surface area (Å²) in [6.07, 6.45) is 11.9. The molecule has 2 rings (SSSR count). The summed E-state index contributed by atoms with van der Waals surface area (Å²) < 4.78 is 0. The molecular weight excluding hydrogens is 212 g/mol. The summed E-state index contributed by atoms with van der Waals surface area (Å²) in [5, 5.41) is 1.98. The van der Waals surface area contributed by atoms with Gasteiger partial charge in [0.1, 0.15) is 0 Å². The van der Waals surface area contributed by atoms with Crippen LogP contribution in [0.3, 0.4) is 0 Å². The molecular formula is C15H28S. The highest BCUT2D eigenvalue weighted by Crippen LogP contribution is 2.46. The minimum atomic E-state index is 0.524. The molecule has 94 valence electrons. The van der Waals surface area contributed by atoms with Crippen molar-refractivity contribution in [1.82, 2.24) is 0 Å². The monoisotopic (exact) mass is 240 g/mol. The zero-order valence-electron chi connectivity index (χ0n) is 11.3. The van der Waals surface area contributed by atoms with Crippen molar-refractivity contribution < 1.29 is 0 Å². The van der Waals surface area contributed by atoms with Crippen molar-refractivity contribution in [2.45, 2.75) is 82.6 Å². The fraction of sp³-hybridized carbons (Fsp3) is 1.00. The Balaban J connectivity index is 1.93. The molecule has 2 aliphatic rings. The van der Waals surface area contributed by atoms with E-state index < -0.39 is 0 Å². The minimum absolute atomic E-state index is 0.524. The second kappa shape index (κ2) is 5.33. The highest BCUT2D eigenvalue weighted by Gasteiger charge is 2.35. The quantitative estimate of drug-likeness (QED) is 0.634. The molecule has 0 amide bonds. The molecule has 2 atom stereocenters. The predicted octanol–water partition coefficient (Wildman–Crippen LogP) is 5.27. The van der Waals surface area contributed by atoms with E-state index in [2.05, 4.69) is 32.5 Å². The zero-order chi connectivity index (χ0) is 11.6. The molecule has 0 aliphatic heterocycles. The van der Waals surface area contributed by atoms with E-state index in [1.807, 2.05) is 0 Å². The first-order valence-corrected chi connectivity index (χ1v) is 8.17. The molecule has 0 heterocycles. The Morgan fingerprint density at radius 3 is 2.00 bits per heavy atom. The van der Waals surface area contributed by atoms with E-state index in [9.17, 15) is 0 Å². The van der Waals surface area contributed by atoms with Gasteiger partial charge in [-0.1, -0.05) is 46.5 Å². The van der Waals surface area contributed by atoms with Crippen molar-refractivity contribution in [3.05, 3.63) is 0 Å². The van der Waals surface area contributed by atoms with E-state index in [-0.39, 0.29) is 0 Å². The van der Waals surface area contributed by atoms with Crippen molar-refractivity contribution in [1.29, 1.82) is 0 Å². The van der Waals surface area contributed by atoms with Gasteiger partial charge in [0, 0.05) is 10.5 Å². The van der Waals surface area contributed by atoms with E-state index in [0.29, 0.717) is 5.41 Å². The second-order valence-electron chi connectivity index (χ2n) is 6.84. The molecule has 1 heteroatoms. The number of hydrogen-bond donors (Lipinski definition) is 0. The maximum Gasteiger partial charge on any atom is 0.00830 e. The van der Waals surface area contributed by atoms with Crippen LogP contribution in [0.25, 0.3) is 0 Å². The Bertz CT molecular complexity index is 210. The van der Waals surface area contributed by atoms with Crippen LogP contribution in [-0.4, -0.2) is 10.5 Å². The first kappa shape index (κ1) is 12.8. The van der Waals surface area contributed by atoms with Gasteiger partial charge in [-0.15, -0.1) is 0 Å². The van der Waals surface area contributed by atoms with Gasteiger partial charge < -0.3 is 0 Å². The highest BCUT2D eigenvalue weighted by molar-refractivity contribution is 8.00. The second-order valence-corrected chi connectivity index (χ2v) is 8.38. The van der Waals surface area contributed by atoms with Crippen LogP contribution in [-0.2, 0) is 0 Å². The van der Waals surface area contributed by atoms with Crippen LogP contribution in [0.4, 0.5) is 0 Å². The summed E-state index contributed by atoms with van der Waals surface area (Å²) >= 11 is 2.36. The van der Waals surface area contributed by atoms with E-state index in [4.69, 9.17) is 0 Å². The van der Waals surface area contributed by atoms with Crippen molar-refractivity contribution in [3.8, 4) is 0 Å². The Morgan fingerprint density at radius 2 is 1.38 bits per heavy atom. The molecule has 2 fully saturated rings. The third-order valence-corrected chi connectivity index (χ3v) is 6.25. The third kappa shape index (κ3) is 3.18. The van der Waals surface area contributed by atoms with Crippen molar-refractivity contribution in [2.24, 2.45) is 11.3 Å². The van der Waals surface area contributed by atoms with Crippen LogP contribution >= 0.6 is 11.8 Å². The molecule has 16 heavy (non-hydrogen) atoms. The van der Waals surface area contributed by atoms with Gasteiger partial charge in [-0.3, -0.25) is 0 Å². The van der Waals surface area contributed by atoms with Crippen LogP contribution in [0.1, 0.15) is 72.1 Å². The van der Waals surface area contributed by atoms with Crippen LogP contribution in [0.15, 0.2) is 0 Å². The number of thioether (sulfide) groups is 1. The minimum Gasteiger partial charge on any atom is -0.155 e. The fourth-order valence-electron chi connectivity index (χ4n) is 3.52. The molecule has 0 bridgehead atoms. The lowest BCUT2D eigenvalue weighted by molar-refractivity contribution is 0.187. The predicted molar refractivity (Wildman–Crippen MR) is 75.0 cm³/mol. The van der Waals surface area contributed by atoms with Gasteiger partial charge in [-0.05, 0) is 37.0 Å². The van der Waals surface area contributed by atoms with Gasteiger partial charge in [0.25, 0.3) is 0 Å². The molecule has 0 saturated heterocycles. The summed E-state index contributed by atoms with van der Waals surface area (Å²) in [6.45, 7) is 7.35. The topological polar surface area (TPSA) is 0 Å². The smallest absolute Gasteiger partial charge is 0.00830 e. The maximum atomic E-state index is 2.45. The first-order valence-electron chi connectivity index (χ1n) is 7.23. The molecule has 0 N–H and O–H groups in total. The van der Waals surface area contributed by atoms with E-state index in [1.54, 1.807) is 0 Å². The largest absolute Gasteiger partial charge is 0.155 e. The Morgan fingerprint density at radius 1 is 0.812 bits per heavy atom. The molecule has 2 saturated carbocycles. The van der Waals surface area contributed by atoms with Gasteiger partial charge >= 0.3 is 0 Å². The SMILES string of the molecule is CC(C)(C)C1CCCCC1SC1CCCC1. The van der Waals surface area contributed by atoms with Crippen molar-refractivity contribution in [3.63, 3.8) is 0 Å². The molecule has 0 aromatic rings. The normalized spacial score (nSPS) is 33.2. The van der Waals surface area contributed by atoms with Gasteiger partial charge in [0.05, 0.1) is 0 Å². The fourth-order valence-corrected chi connectivity index (χ4v) is 5.66. The van der Waals surface area contributed by atoms with Crippen LogP contribution < -0.4 is 0 Å². The van der Waals surface area contributed by atoms with Gasteiger partial charge in [0.2, 0.25) is 0 Å².